The Bertz CT molecular complexity index is 1970. The summed E-state index contributed by atoms with van der Waals surface area (Å²) in [5, 5.41) is 10.8. The quantitative estimate of drug-likeness (QED) is 0.0862. The molecule has 0 aliphatic carbocycles. The van der Waals surface area contributed by atoms with Gasteiger partial charge in [-0.1, -0.05) is 63.5 Å². The monoisotopic (exact) mass is 739 g/mol. The average Bonchev–Trinajstić information content (AvgIpc) is 3.78. The molecule has 7 rings (SSSR count). The van der Waals surface area contributed by atoms with Crippen LogP contribution in [-0.2, 0) is 34.3 Å². The summed E-state index contributed by atoms with van der Waals surface area (Å²) in [4.78, 5) is 21.7. The van der Waals surface area contributed by atoms with Gasteiger partial charge >= 0.3 is 0 Å². The van der Waals surface area contributed by atoms with Gasteiger partial charge in [-0.05, 0) is 54.3 Å². The molecule has 1 N–H and O–H groups in total. The van der Waals surface area contributed by atoms with Crippen LogP contribution in [0.2, 0.25) is 51.4 Å². The normalized spacial score (nSPS) is 17.8. The Balaban J connectivity index is 1.23. The zero-order valence-electron chi connectivity index (χ0n) is 31.5. The zero-order valence-corrected chi connectivity index (χ0v) is 33.5. The molecule has 2 fully saturated rings. The van der Waals surface area contributed by atoms with Gasteiger partial charge in [-0.15, -0.1) is 0 Å². The van der Waals surface area contributed by atoms with E-state index < -0.39 is 16.1 Å². The molecule has 0 amide bonds. The smallest absolute Gasteiger partial charge is 0.147 e. The standard InChI is InChI=1S/C39H53N7O4Si2/c1-51(2,3)17-15-48-26-44-35(20-33-38(44)42-25-43-39(33)46-31-11-12-32(46)24-50-23-31)29-7-9-30(10-8-29)37-41-21-36(34-19-28(22-47)13-14-40-34)45(37)27-49-16-18-52(4,5)6/h7-10,13-14,19-21,25,31-32,47H,11-12,15-18,22-24,26-27H2,1-6H3/t31-,32+. The average molecular weight is 740 g/mol. The van der Waals surface area contributed by atoms with E-state index in [0.717, 1.165) is 101 Å². The van der Waals surface area contributed by atoms with Crippen LogP contribution in [0.1, 0.15) is 18.4 Å². The summed E-state index contributed by atoms with van der Waals surface area (Å²) >= 11 is 0. The Labute approximate surface area is 309 Å². The van der Waals surface area contributed by atoms with Crippen LogP contribution in [0, 0.1) is 0 Å². The van der Waals surface area contributed by atoms with Gasteiger partial charge in [-0.25, -0.2) is 15.0 Å². The van der Waals surface area contributed by atoms with Crippen molar-refractivity contribution in [1.82, 2.24) is 29.1 Å². The fourth-order valence-electron chi connectivity index (χ4n) is 7.11. The Kier molecular flexibility index (Phi) is 10.8. The maximum atomic E-state index is 9.80. The molecule has 0 radical (unpaired) electrons. The second-order valence-corrected chi connectivity index (χ2v) is 27.8. The van der Waals surface area contributed by atoms with Crippen molar-refractivity contribution in [3.63, 3.8) is 0 Å². The third kappa shape index (κ3) is 8.09. The fourth-order valence-corrected chi connectivity index (χ4v) is 8.63. The van der Waals surface area contributed by atoms with Crippen LogP contribution in [0.4, 0.5) is 5.82 Å². The SMILES string of the molecule is C[Si](C)(C)CCOCn1c(-c2cc(CO)ccn2)cnc1-c1ccc(-c2cc3c(N4[C@@H]5CC[C@H]4COC5)ncnc3n2COCC[Si](C)(C)C)cc1. The number of aromatic nitrogens is 6. The molecular formula is C39H53N7O4Si2. The predicted molar refractivity (Wildman–Crippen MR) is 212 cm³/mol. The van der Waals surface area contributed by atoms with E-state index in [0.29, 0.717) is 32.2 Å². The van der Waals surface area contributed by atoms with Crippen LogP contribution in [0.5, 0.6) is 0 Å². The van der Waals surface area contributed by atoms with Gasteiger partial charge < -0.3 is 28.8 Å². The number of benzene rings is 1. The zero-order chi connectivity index (χ0) is 36.5. The Morgan fingerprint density at radius 1 is 0.769 bits per heavy atom. The fraction of sp³-hybridized carbons (Fsp3) is 0.487. The molecule has 2 aliphatic rings. The molecule has 2 bridgehead atoms. The van der Waals surface area contributed by atoms with Crippen molar-refractivity contribution in [2.75, 3.05) is 31.3 Å². The minimum absolute atomic E-state index is 0.0501. The number of fused-ring (bicyclic) bond motifs is 3. The molecule has 13 heteroatoms. The van der Waals surface area contributed by atoms with E-state index >= 15 is 0 Å². The molecule has 2 atom stereocenters. The highest BCUT2D eigenvalue weighted by molar-refractivity contribution is 6.76. The van der Waals surface area contributed by atoms with Gasteiger partial charge in [0, 0.05) is 41.1 Å². The highest BCUT2D eigenvalue weighted by atomic mass is 28.3. The number of hydrogen-bond acceptors (Lipinski definition) is 9. The van der Waals surface area contributed by atoms with E-state index in [9.17, 15) is 5.11 Å². The van der Waals surface area contributed by atoms with Gasteiger partial charge in [-0.3, -0.25) is 9.55 Å². The van der Waals surface area contributed by atoms with Crippen LogP contribution in [0.15, 0.2) is 61.2 Å². The summed E-state index contributed by atoms with van der Waals surface area (Å²) in [5.74, 6) is 1.79. The number of ether oxygens (including phenoxy) is 3. The second-order valence-electron chi connectivity index (χ2n) is 16.6. The van der Waals surface area contributed by atoms with Crippen molar-refractivity contribution in [2.45, 2.75) is 96.4 Å². The first-order valence-corrected chi connectivity index (χ1v) is 26.0. The number of aliphatic hydroxyl groups is 1. The number of pyridine rings is 1. The number of anilines is 1. The van der Waals surface area contributed by atoms with Gasteiger partial charge in [0.15, 0.2) is 0 Å². The topological polar surface area (TPSA) is 113 Å². The van der Waals surface area contributed by atoms with Crippen molar-refractivity contribution < 1.29 is 19.3 Å². The highest BCUT2D eigenvalue weighted by Gasteiger charge is 2.39. The first-order valence-electron chi connectivity index (χ1n) is 18.6. The van der Waals surface area contributed by atoms with E-state index in [4.69, 9.17) is 29.2 Å². The lowest BCUT2D eigenvalue weighted by Crippen LogP contribution is -2.46. The van der Waals surface area contributed by atoms with E-state index in [-0.39, 0.29) is 6.61 Å². The number of nitrogens with zero attached hydrogens (tertiary/aromatic N) is 7. The maximum Gasteiger partial charge on any atom is 0.147 e. The minimum atomic E-state index is -1.26. The first kappa shape index (κ1) is 36.6. The molecule has 11 nitrogen and oxygen atoms in total. The molecule has 4 aromatic heterocycles. The highest BCUT2D eigenvalue weighted by Crippen LogP contribution is 2.39. The van der Waals surface area contributed by atoms with Crippen LogP contribution in [-0.4, -0.2) is 88.8 Å². The lowest BCUT2D eigenvalue weighted by atomic mass is 10.1. The van der Waals surface area contributed by atoms with Crippen molar-refractivity contribution in [3.05, 3.63) is 66.7 Å². The van der Waals surface area contributed by atoms with E-state index in [2.05, 4.69) is 88.6 Å². The molecule has 0 unspecified atom stereocenters. The summed E-state index contributed by atoms with van der Waals surface area (Å²) in [5.41, 5.74) is 6.37. The summed E-state index contributed by atoms with van der Waals surface area (Å²) in [6, 6.07) is 17.4. The van der Waals surface area contributed by atoms with Crippen LogP contribution in [0.25, 0.3) is 45.1 Å². The number of imidazole rings is 1. The molecule has 1 aromatic carbocycles. The molecule has 0 spiro atoms. The lowest BCUT2D eigenvalue weighted by molar-refractivity contribution is 0.0892. The largest absolute Gasteiger partial charge is 0.392 e. The first-order chi connectivity index (χ1) is 25.0. The van der Waals surface area contributed by atoms with Gasteiger partial charge in [0.2, 0.25) is 0 Å². The molecule has 6 heterocycles. The van der Waals surface area contributed by atoms with Gasteiger partial charge in [0.1, 0.15) is 37.1 Å². The van der Waals surface area contributed by atoms with Crippen LogP contribution < -0.4 is 4.90 Å². The Morgan fingerprint density at radius 2 is 1.42 bits per heavy atom. The third-order valence-corrected chi connectivity index (χ3v) is 13.6. The summed E-state index contributed by atoms with van der Waals surface area (Å²) in [7, 11) is -2.50. The summed E-state index contributed by atoms with van der Waals surface area (Å²) in [6.07, 6.45) is 7.52. The Hall–Kier alpha value is -3.73. The number of rotatable bonds is 15. The van der Waals surface area contributed by atoms with Crippen molar-refractivity contribution in [1.29, 1.82) is 0 Å². The molecular weight excluding hydrogens is 687 g/mol. The van der Waals surface area contributed by atoms with Gasteiger partial charge in [-0.2, -0.15) is 0 Å². The van der Waals surface area contributed by atoms with Crippen LogP contribution >= 0.6 is 0 Å². The number of aliphatic hydroxyl groups excluding tert-OH is 1. The lowest BCUT2D eigenvalue weighted by Gasteiger charge is -2.35. The van der Waals surface area contributed by atoms with E-state index in [1.165, 1.54) is 0 Å². The van der Waals surface area contributed by atoms with E-state index in [1.807, 2.05) is 18.3 Å². The molecule has 52 heavy (non-hydrogen) atoms. The molecule has 2 saturated heterocycles. The number of morpholine rings is 1. The van der Waals surface area contributed by atoms with Crippen molar-refractivity contribution in [2.24, 2.45) is 0 Å². The molecule has 5 aromatic rings. The summed E-state index contributed by atoms with van der Waals surface area (Å²) < 4.78 is 22.8. The molecule has 276 valence electrons. The maximum absolute atomic E-state index is 9.80. The second kappa shape index (κ2) is 15.3. The van der Waals surface area contributed by atoms with Crippen molar-refractivity contribution in [3.8, 4) is 34.0 Å². The van der Waals surface area contributed by atoms with Gasteiger partial charge in [0.25, 0.3) is 0 Å². The third-order valence-electron chi connectivity index (χ3n) is 10.2. The van der Waals surface area contributed by atoms with E-state index in [1.54, 1.807) is 12.5 Å². The predicted octanol–water partition coefficient (Wildman–Crippen LogP) is 7.51. The Morgan fingerprint density at radius 3 is 2.08 bits per heavy atom. The van der Waals surface area contributed by atoms with Crippen molar-refractivity contribution >= 4 is 33.0 Å². The summed E-state index contributed by atoms with van der Waals surface area (Å²) in [6.45, 7) is 17.8. The molecule has 0 saturated carbocycles. The van der Waals surface area contributed by atoms with Gasteiger partial charge in [0.05, 0.1) is 60.6 Å². The van der Waals surface area contributed by atoms with Crippen LogP contribution in [0.3, 0.4) is 0 Å². The number of hydrogen-bond donors (Lipinski definition) is 1. The molecule has 2 aliphatic heterocycles. The minimum Gasteiger partial charge on any atom is -0.392 e.